The summed E-state index contributed by atoms with van der Waals surface area (Å²) in [6, 6.07) is 10.4. The maximum atomic E-state index is 12.2. The van der Waals surface area contributed by atoms with Crippen LogP contribution < -0.4 is 5.32 Å². The average molecular weight is 346 g/mol. The Bertz CT molecular complexity index is 593. The molecule has 5 nitrogen and oxygen atoms in total. The molecule has 3 rings (SSSR count). The molecule has 0 unspecified atom stereocenters. The van der Waals surface area contributed by atoms with E-state index in [0.717, 1.165) is 32.5 Å². The highest BCUT2D eigenvalue weighted by molar-refractivity contribution is 5.69. The minimum Gasteiger partial charge on any atom is -0.444 e. The van der Waals surface area contributed by atoms with E-state index in [1.54, 1.807) is 0 Å². The number of nitrogens with one attached hydrogen (secondary N) is 1. The molecule has 2 N–H and O–H groups in total. The van der Waals surface area contributed by atoms with Gasteiger partial charge in [0.25, 0.3) is 0 Å². The van der Waals surface area contributed by atoms with Crippen LogP contribution in [0.25, 0.3) is 0 Å². The first-order valence-electron chi connectivity index (χ1n) is 9.20. The number of carbonyl (C=O) groups excluding carboxylic acids is 1. The maximum Gasteiger partial charge on any atom is 0.408 e. The van der Waals surface area contributed by atoms with Gasteiger partial charge in [-0.3, -0.25) is 4.90 Å². The number of aliphatic hydroxyl groups is 1. The summed E-state index contributed by atoms with van der Waals surface area (Å²) in [5, 5.41) is 13.0. The highest BCUT2D eigenvalue weighted by Gasteiger charge is 2.56. The fourth-order valence-electron chi connectivity index (χ4n) is 3.97. The third-order valence-corrected chi connectivity index (χ3v) is 5.25. The Kier molecular flexibility index (Phi) is 5.07. The van der Waals surface area contributed by atoms with Crippen molar-refractivity contribution in [1.29, 1.82) is 0 Å². The molecule has 25 heavy (non-hydrogen) atoms. The predicted molar refractivity (Wildman–Crippen MR) is 97.1 cm³/mol. The van der Waals surface area contributed by atoms with Crippen LogP contribution in [-0.4, -0.2) is 46.9 Å². The van der Waals surface area contributed by atoms with E-state index in [0.29, 0.717) is 0 Å². The largest absolute Gasteiger partial charge is 0.444 e. The number of rotatable bonds is 5. The van der Waals surface area contributed by atoms with Gasteiger partial charge in [-0.15, -0.1) is 0 Å². The molecule has 1 amide bonds. The lowest BCUT2D eigenvalue weighted by Crippen LogP contribution is -2.47. The SMILES string of the molecule is CC(C)(C)OC(=O)NC1([C@@H]2CN(Cc3ccccc3)C[C@H]2CO)CC1. The van der Waals surface area contributed by atoms with Crippen LogP contribution in [0, 0.1) is 11.8 Å². The van der Waals surface area contributed by atoms with Gasteiger partial charge in [0.2, 0.25) is 0 Å². The second-order valence-corrected chi connectivity index (χ2v) is 8.51. The normalized spacial score (nSPS) is 25.6. The monoisotopic (exact) mass is 346 g/mol. The number of aliphatic hydroxyl groups excluding tert-OH is 1. The Morgan fingerprint density at radius 1 is 1.28 bits per heavy atom. The van der Waals surface area contributed by atoms with Gasteiger partial charge in [0.1, 0.15) is 5.60 Å². The number of carbonyl (C=O) groups is 1. The van der Waals surface area contributed by atoms with Crippen molar-refractivity contribution in [3.8, 4) is 0 Å². The zero-order valence-corrected chi connectivity index (χ0v) is 15.5. The van der Waals surface area contributed by atoms with Gasteiger partial charge in [0.05, 0.1) is 0 Å². The summed E-state index contributed by atoms with van der Waals surface area (Å²) in [7, 11) is 0. The Morgan fingerprint density at radius 2 is 1.96 bits per heavy atom. The van der Waals surface area contributed by atoms with E-state index in [1.807, 2.05) is 26.8 Å². The quantitative estimate of drug-likeness (QED) is 0.861. The molecule has 1 saturated heterocycles. The van der Waals surface area contributed by atoms with Crippen molar-refractivity contribution >= 4 is 6.09 Å². The summed E-state index contributed by atoms with van der Waals surface area (Å²) >= 11 is 0. The molecule has 2 fully saturated rings. The molecular weight excluding hydrogens is 316 g/mol. The molecule has 1 aromatic carbocycles. The fourth-order valence-corrected chi connectivity index (χ4v) is 3.97. The number of hydrogen-bond acceptors (Lipinski definition) is 4. The molecule has 5 heteroatoms. The number of ether oxygens (including phenoxy) is 1. The second kappa shape index (κ2) is 6.96. The van der Waals surface area contributed by atoms with E-state index >= 15 is 0 Å². The van der Waals surface area contributed by atoms with Gasteiger partial charge in [0.15, 0.2) is 0 Å². The van der Waals surface area contributed by atoms with Crippen LogP contribution in [-0.2, 0) is 11.3 Å². The molecule has 0 bridgehead atoms. The standard InChI is InChI=1S/C20H30N2O3/c1-19(2,3)25-18(24)21-20(9-10-20)17-13-22(12-16(17)14-23)11-15-7-5-4-6-8-15/h4-8,16-17,23H,9-14H2,1-3H3,(H,21,24)/t16-,17+/m0/s1. The van der Waals surface area contributed by atoms with Crippen LogP contribution in [0.1, 0.15) is 39.2 Å². The topological polar surface area (TPSA) is 61.8 Å². The molecule has 0 radical (unpaired) electrons. The van der Waals surface area contributed by atoms with Crippen molar-refractivity contribution in [2.45, 2.75) is 51.3 Å². The van der Waals surface area contributed by atoms with Crippen molar-refractivity contribution in [3.63, 3.8) is 0 Å². The van der Waals surface area contributed by atoms with E-state index in [1.165, 1.54) is 5.56 Å². The first kappa shape index (κ1) is 18.2. The van der Waals surface area contributed by atoms with E-state index in [-0.39, 0.29) is 30.1 Å². The lowest BCUT2D eigenvalue weighted by Gasteiger charge is -2.29. The molecule has 1 aliphatic carbocycles. The van der Waals surface area contributed by atoms with E-state index in [4.69, 9.17) is 4.74 Å². The Morgan fingerprint density at radius 3 is 2.52 bits per heavy atom. The van der Waals surface area contributed by atoms with Crippen LogP contribution in [0.2, 0.25) is 0 Å². The first-order chi connectivity index (χ1) is 11.8. The van der Waals surface area contributed by atoms with Gasteiger partial charge in [-0.1, -0.05) is 30.3 Å². The van der Waals surface area contributed by atoms with Crippen molar-refractivity contribution < 1.29 is 14.6 Å². The lowest BCUT2D eigenvalue weighted by molar-refractivity contribution is 0.0457. The fraction of sp³-hybridized carbons (Fsp3) is 0.650. The summed E-state index contributed by atoms with van der Waals surface area (Å²) in [4.78, 5) is 14.6. The van der Waals surface area contributed by atoms with Gasteiger partial charge in [-0.2, -0.15) is 0 Å². The first-order valence-corrected chi connectivity index (χ1v) is 9.20. The van der Waals surface area contributed by atoms with E-state index in [9.17, 15) is 9.90 Å². The van der Waals surface area contributed by atoms with Crippen LogP contribution in [0.4, 0.5) is 4.79 Å². The molecule has 1 aliphatic heterocycles. The summed E-state index contributed by atoms with van der Waals surface area (Å²) < 4.78 is 5.44. The molecule has 2 aliphatic rings. The van der Waals surface area contributed by atoms with Gasteiger partial charge >= 0.3 is 6.09 Å². The highest BCUT2D eigenvalue weighted by Crippen LogP contribution is 2.48. The second-order valence-electron chi connectivity index (χ2n) is 8.51. The lowest BCUT2D eigenvalue weighted by atomic mass is 9.87. The number of benzene rings is 1. The van der Waals surface area contributed by atoms with Crippen LogP contribution in [0.15, 0.2) is 30.3 Å². The predicted octanol–water partition coefficient (Wildman–Crippen LogP) is 2.78. The van der Waals surface area contributed by atoms with Gasteiger partial charge in [-0.05, 0) is 39.2 Å². The minimum atomic E-state index is -0.494. The maximum absolute atomic E-state index is 12.2. The van der Waals surface area contributed by atoms with Crippen LogP contribution in [0.5, 0.6) is 0 Å². The molecule has 1 saturated carbocycles. The third-order valence-electron chi connectivity index (χ3n) is 5.25. The number of hydrogen-bond donors (Lipinski definition) is 2. The highest BCUT2D eigenvalue weighted by atomic mass is 16.6. The molecule has 1 aromatic rings. The summed E-state index contributed by atoms with van der Waals surface area (Å²) in [5.41, 5.74) is 0.581. The number of amides is 1. The Labute approximate surface area is 150 Å². The molecule has 0 aromatic heterocycles. The minimum absolute atomic E-state index is 0.160. The van der Waals surface area contributed by atoms with Crippen molar-refractivity contribution in [3.05, 3.63) is 35.9 Å². The number of likely N-dealkylation sites (tertiary alicyclic amines) is 1. The summed E-state index contributed by atoms with van der Waals surface area (Å²) in [6.45, 7) is 8.44. The molecule has 138 valence electrons. The van der Waals surface area contributed by atoms with Crippen molar-refractivity contribution in [2.24, 2.45) is 11.8 Å². The number of nitrogens with zero attached hydrogens (tertiary/aromatic N) is 1. The zero-order chi connectivity index (χ0) is 18.1. The molecule has 1 heterocycles. The molecular formula is C20H30N2O3. The smallest absolute Gasteiger partial charge is 0.408 e. The molecule has 0 spiro atoms. The van der Waals surface area contributed by atoms with Crippen molar-refractivity contribution in [2.75, 3.05) is 19.7 Å². The Balaban J connectivity index is 1.63. The van der Waals surface area contributed by atoms with Crippen LogP contribution >= 0.6 is 0 Å². The van der Waals surface area contributed by atoms with Gasteiger partial charge < -0.3 is 15.2 Å². The Hall–Kier alpha value is -1.59. The third kappa shape index (κ3) is 4.53. The van der Waals surface area contributed by atoms with Crippen molar-refractivity contribution in [1.82, 2.24) is 10.2 Å². The zero-order valence-electron chi connectivity index (χ0n) is 15.5. The summed E-state index contributed by atoms with van der Waals surface area (Å²) in [6.07, 6.45) is 1.59. The average Bonchev–Trinajstić information content (AvgIpc) is 3.17. The van der Waals surface area contributed by atoms with E-state index < -0.39 is 5.60 Å². The van der Waals surface area contributed by atoms with Gasteiger partial charge in [-0.25, -0.2) is 4.79 Å². The van der Waals surface area contributed by atoms with E-state index in [2.05, 4.69) is 34.5 Å². The van der Waals surface area contributed by atoms with Gasteiger partial charge in [0, 0.05) is 43.6 Å². The van der Waals surface area contributed by atoms with Crippen LogP contribution in [0.3, 0.4) is 0 Å². The summed E-state index contributed by atoms with van der Waals surface area (Å²) in [5.74, 6) is 0.467. The number of alkyl carbamates (subject to hydrolysis) is 1. The molecule has 2 atom stereocenters.